The second-order valence-electron chi connectivity index (χ2n) is 7.82. The minimum atomic E-state index is -0.226. The number of rotatable bonds is 4. The van der Waals surface area contributed by atoms with Crippen LogP contribution in [0.15, 0.2) is 48.5 Å². The standard InChI is InChI=1S/C23H27N3O2/c1-17-6-8-18(9-7-17)10-12-25-16-20(14-22(25)27)23(28)26-13-11-24-21-5-3-2-4-19(21)15-26/h2-9,20,24H,10-16H2,1H3. The Bertz CT molecular complexity index is 862. The average molecular weight is 377 g/mol. The molecule has 5 nitrogen and oxygen atoms in total. The number of carbonyl (C=O) groups excluding carboxylic acids is 2. The molecule has 1 fully saturated rings. The van der Waals surface area contributed by atoms with Crippen LogP contribution in [-0.4, -0.2) is 47.8 Å². The summed E-state index contributed by atoms with van der Waals surface area (Å²) in [7, 11) is 0. The first-order chi connectivity index (χ1) is 13.6. The van der Waals surface area contributed by atoms with Crippen molar-refractivity contribution in [3.05, 3.63) is 65.2 Å². The Morgan fingerprint density at radius 3 is 2.75 bits per heavy atom. The van der Waals surface area contributed by atoms with Gasteiger partial charge in [-0.2, -0.15) is 0 Å². The summed E-state index contributed by atoms with van der Waals surface area (Å²) < 4.78 is 0. The van der Waals surface area contributed by atoms with E-state index in [9.17, 15) is 9.59 Å². The zero-order valence-corrected chi connectivity index (χ0v) is 16.4. The first-order valence-corrected chi connectivity index (χ1v) is 10.0. The van der Waals surface area contributed by atoms with Crippen LogP contribution >= 0.6 is 0 Å². The summed E-state index contributed by atoms with van der Waals surface area (Å²) in [5, 5.41) is 3.39. The van der Waals surface area contributed by atoms with Gasteiger partial charge in [0.2, 0.25) is 11.8 Å². The molecule has 1 N–H and O–H groups in total. The van der Waals surface area contributed by atoms with E-state index in [4.69, 9.17) is 0 Å². The molecule has 0 bridgehead atoms. The number of para-hydroxylation sites is 1. The normalized spacial score (nSPS) is 19.2. The molecule has 28 heavy (non-hydrogen) atoms. The molecule has 0 aliphatic carbocycles. The second-order valence-corrected chi connectivity index (χ2v) is 7.82. The molecule has 0 spiro atoms. The van der Waals surface area contributed by atoms with Crippen molar-refractivity contribution in [1.82, 2.24) is 9.80 Å². The van der Waals surface area contributed by atoms with Gasteiger partial charge in [-0.05, 0) is 30.5 Å². The lowest BCUT2D eigenvalue weighted by Crippen LogP contribution is -2.38. The minimum Gasteiger partial charge on any atom is -0.383 e. The third-order valence-electron chi connectivity index (χ3n) is 5.74. The summed E-state index contributed by atoms with van der Waals surface area (Å²) in [5.41, 5.74) is 4.69. The van der Waals surface area contributed by atoms with Gasteiger partial charge < -0.3 is 15.1 Å². The summed E-state index contributed by atoms with van der Waals surface area (Å²) in [6.45, 7) is 5.30. The maximum atomic E-state index is 13.1. The molecule has 1 unspecified atom stereocenters. The van der Waals surface area contributed by atoms with Crippen molar-refractivity contribution in [3.8, 4) is 0 Å². The highest BCUT2D eigenvalue weighted by atomic mass is 16.2. The number of hydrogen-bond acceptors (Lipinski definition) is 3. The largest absolute Gasteiger partial charge is 0.383 e. The molecular formula is C23H27N3O2. The Morgan fingerprint density at radius 2 is 1.93 bits per heavy atom. The van der Waals surface area contributed by atoms with E-state index in [-0.39, 0.29) is 17.7 Å². The molecule has 1 saturated heterocycles. The zero-order chi connectivity index (χ0) is 19.5. The predicted molar refractivity (Wildman–Crippen MR) is 110 cm³/mol. The minimum absolute atomic E-state index is 0.0961. The maximum Gasteiger partial charge on any atom is 0.228 e. The lowest BCUT2D eigenvalue weighted by molar-refractivity contribution is -0.136. The summed E-state index contributed by atoms with van der Waals surface area (Å²) in [6, 6.07) is 16.5. The number of aryl methyl sites for hydroxylation is 1. The van der Waals surface area contributed by atoms with Crippen LogP contribution in [0.1, 0.15) is 23.1 Å². The molecule has 2 aromatic rings. The number of nitrogens with zero attached hydrogens (tertiary/aromatic N) is 2. The third-order valence-corrected chi connectivity index (χ3v) is 5.74. The molecule has 2 aromatic carbocycles. The van der Waals surface area contributed by atoms with Gasteiger partial charge in [-0.15, -0.1) is 0 Å². The second kappa shape index (κ2) is 8.05. The molecule has 0 saturated carbocycles. The number of carbonyl (C=O) groups is 2. The number of likely N-dealkylation sites (tertiary alicyclic amines) is 1. The van der Waals surface area contributed by atoms with Crippen LogP contribution < -0.4 is 5.32 Å². The molecule has 2 heterocycles. The summed E-state index contributed by atoms with van der Waals surface area (Å²) >= 11 is 0. The van der Waals surface area contributed by atoms with Gasteiger partial charge in [0.05, 0.1) is 5.92 Å². The van der Waals surface area contributed by atoms with E-state index in [1.807, 2.05) is 21.9 Å². The highest BCUT2D eigenvalue weighted by Gasteiger charge is 2.36. The third kappa shape index (κ3) is 4.03. The Hall–Kier alpha value is -2.82. The highest BCUT2D eigenvalue weighted by Crippen LogP contribution is 2.25. The summed E-state index contributed by atoms with van der Waals surface area (Å²) in [5.74, 6) is -0.0284. The van der Waals surface area contributed by atoms with Gasteiger partial charge >= 0.3 is 0 Å². The summed E-state index contributed by atoms with van der Waals surface area (Å²) in [6.07, 6.45) is 1.16. The van der Waals surface area contributed by atoms with Crippen LogP contribution in [0, 0.1) is 12.8 Å². The molecule has 146 valence electrons. The molecule has 2 aliphatic rings. The Labute approximate surface area is 166 Å². The van der Waals surface area contributed by atoms with Crippen LogP contribution in [0.4, 0.5) is 5.69 Å². The molecular weight excluding hydrogens is 350 g/mol. The van der Waals surface area contributed by atoms with Crippen molar-refractivity contribution in [2.45, 2.75) is 26.3 Å². The highest BCUT2D eigenvalue weighted by molar-refractivity contribution is 5.89. The van der Waals surface area contributed by atoms with Crippen LogP contribution in [-0.2, 0) is 22.6 Å². The van der Waals surface area contributed by atoms with E-state index in [0.717, 1.165) is 24.2 Å². The summed E-state index contributed by atoms with van der Waals surface area (Å²) in [4.78, 5) is 29.3. The number of anilines is 1. The quantitative estimate of drug-likeness (QED) is 0.891. The first-order valence-electron chi connectivity index (χ1n) is 10.0. The van der Waals surface area contributed by atoms with E-state index in [1.54, 1.807) is 0 Å². The van der Waals surface area contributed by atoms with E-state index in [1.165, 1.54) is 11.1 Å². The lowest BCUT2D eigenvalue weighted by Gasteiger charge is -2.24. The lowest BCUT2D eigenvalue weighted by atomic mass is 10.1. The van der Waals surface area contributed by atoms with Gasteiger partial charge in [0.15, 0.2) is 0 Å². The maximum absolute atomic E-state index is 13.1. The molecule has 2 aliphatic heterocycles. The van der Waals surface area contributed by atoms with E-state index < -0.39 is 0 Å². The Morgan fingerprint density at radius 1 is 1.14 bits per heavy atom. The van der Waals surface area contributed by atoms with Gasteiger partial charge in [0.1, 0.15) is 0 Å². The van der Waals surface area contributed by atoms with Crippen molar-refractivity contribution in [1.29, 1.82) is 0 Å². The van der Waals surface area contributed by atoms with Crippen molar-refractivity contribution in [3.63, 3.8) is 0 Å². The molecule has 5 heteroatoms. The molecule has 2 amide bonds. The van der Waals surface area contributed by atoms with Crippen molar-refractivity contribution in [2.24, 2.45) is 5.92 Å². The SMILES string of the molecule is Cc1ccc(CCN2CC(C(=O)N3CCNc4ccccc4C3)CC2=O)cc1. The molecule has 1 atom stereocenters. The van der Waals surface area contributed by atoms with Crippen LogP contribution in [0.25, 0.3) is 0 Å². The fourth-order valence-corrected chi connectivity index (χ4v) is 4.06. The smallest absolute Gasteiger partial charge is 0.228 e. The van der Waals surface area contributed by atoms with Crippen molar-refractivity contribution in [2.75, 3.05) is 31.5 Å². The van der Waals surface area contributed by atoms with E-state index >= 15 is 0 Å². The number of nitrogens with one attached hydrogen (secondary N) is 1. The number of fused-ring (bicyclic) bond motifs is 1. The number of benzene rings is 2. The monoisotopic (exact) mass is 377 g/mol. The van der Waals surface area contributed by atoms with Crippen LogP contribution in [0.3, 0.4) is 0 Å². The van der Waals surface area contributed by atoms with E-state index in [2.05, 4.69) is 48.6 Å². The van der Waals surface area contributed by atoms with Gasteiger partial charge in [-0.1, -0.05) is 48.0 Å². The fourth-order valence-electron chi connectivity index (χ4n) is 4.06. The Balaban J connectivity index is 1.36. The van der Waals surface area contributed by atoms with Gasteiger partial charge in [0.25, 0.3) is 0 Å². The molecule has 0 aromatic heterocycles. The molecule has 4 rings (SSSR count). The van der Waals surface area contributed by atoms with Gasteiger partial charge in [0, 0.05) is 44.8 Å². The zero-order valence-electron chi connectivity index (χ0n) is 16.4. The predicted octanol–water partition coefficient (Wildman–Crippen LogP) is 2.84. The van der Waals surface area contributed by atoms with E-state index in [0.29, 0.717) is 32.6 Å². The Kier molecular flexibility index (Phi) is 5.33. The van der Waals surface area contributed by atoms with Crippen molar-refractivity contribution < 1.29 is 9.59 Å². The van der Waals surface area contributed by atoms with Gasteiger partial charge in [-0.3, -0.25) is 9.59 Å². The average Bonchev–Trinajstić information content (AvgIpc) is 2.94. The topological polar surface area (TPSA) is 52.7 Å². The van der Waals surface area contributed by atoms with Crippen LogP contribution in [0.5, 0.6) is 0 Å². The van der Waals surface area contributed by atoms with Gasteiger partial charge in [-0.25, -0.2) is 0 Å². The number of hydrogen-bond donors (Lipinski definition) is 1. The molecule has 0 radical (unpaired) electrons. The first kappa shape index (κ1) is 18.5. The number of amides is 2. The fraction of sp³-hybridized carbons (Fsp3) is 0.391. The van der Waals surface area contributed by atoms with Crippen LogP contribution in [0.2, 0.25) is 0 Å². The van der Waals surface area contributed by atoms with Crippen molar-refractivity contribution >= 4 is 17.5 Å².